The molecular formula is C12H19N7S. The number of hydrogen-bond acceptors (Lipinski definition) is 7. The van der Waals surface area contributed by atoms with Crippen LogP contribution in [0.4, 0.5) is 11.6 Å². The lowest BCUT2D eigenvalue weighted by molar-refractivity contribution is 0.741. The molecule has 0 fully saturated rings. The van der Waals surface area contributed by atoms with Crippen molar-refractivity contribution in [1.29, 1.82) is 0 Å². The number of hydrogen-bond donors (Lipinski definition) is 2. The van der Waals surface area contributed by atoms with Crippen LogP contribution in [0.3, 0.4) is 0 Å². The molecule has 0 saturated carbocycles. The van der Waals surface area contributed by atoms with Gasteiger partial charge in [0.25, 0.3) is 0 Å². The zero-order valence-corrected chi connectivity index (χ0v) is 12.7. The van der Waals surface area contributed by atoms with Crippen LogP contribution in [-0.2, 0) is 13.5 Å². The summed E-state index contributed by atoms with van der Waals surface area (Å²) in [5.41, 5.74) is 0. The van der Waals surface area contributed by atoms with E-state index in [1.165, 1.54) is 11.8 Å². The molecule has 0 bridgehead atoms. The third-order valence-corrected chi connectivity index (χ3v) is 3.10. The second kappa shape index (κ2) is 7.09. The molecule has 0 aliphatic carbocycles. The molecule has 0 aliphatic heterocycles. The van der Waals surface area contributed by atoms with Crippen molar-refractivity contribution in [1.82, 2.24) is 24.7 Å². The number of aryl methyl sites for hydroxylation is 1. The quantitative estimate of drug-likeness (QED) is 0.590. The van der Waals surface area contributed by atoms with Gasteiger partial charge in [0.15, 0.2) is 11.0 Å². The Kier molecular flexibility index (Phi) is 5.16. The van der Waals surface area contributed by atoms with Gasteiger partial charge >= 0.3 is 0 Å². The number of nitrogens with zero attached hydrogens (tertiary/aromatic N) is 5. The largest absolute Gasteiger partial charge is 0.370 e. The number of rotatable bonds is 7. The van der Waals surface area contributed by atoms with Crippen LogP contribution in [0.5, 0.6) is 0 Å². The van der Waals surface area contributed by atoms with Gasteiger partial charge in [-0.25, -0.2) is 15.0 Å². The molecule has 0 amide bonds. The van der Waals surface area contributed by atoms with Crippen molar-refractivity contribution in [3.8, 4) is 0 Å². The van der Waals surface area contributed by atoms with Gasteiger partial charge in [0, 0.05) is 32.6 Å². The van der Waals surface area contributed by atoms with Crippen LogP contribution in [0, 0.1) is 0 Å². The number of nitrogens with one attached hydrogen (secondary N) is 2. The summed E-state index contributed by atoms with van der Waals surface area (Å²) in [7, 11) is 1.86. The van der Waals surface area contributed by atoms with E-state index in [2.05, 4.69) is 30.7 Å². The van der Waals surface area contributed by atoms with Gasteiger partial charge in [0.2, 0.25) is 0 Å². The van der Waals surface area contributed by atoms with Crippen LogP contribution in [0.25, 0.3) is 0 Å². The second-order valence-electron chi connectivity index (χ2n) is 4.17. The highest BCUT2D eigenvalue weighted by Gasteiger charge is 2.04. The molecule has 0 saturated heterocycles. The third kappa shape index (κ3) is 4.09. The summed E-state index contributed by atoms with van der Waals surface area (Å²) < 4.78 is 1.70. The maximum atomic E-state index is 4.43. The normalized spacial score (nSPS) is 10.6. The van der Waals surface area contributed by atoms with E-state index in [4.69, 9.17) is 0 Å². The molecule has 0 radical (unpaired) electrons. The fourth-order valence-electron chi connectivity index (χ4n) is 1.68. The van der Waals surface area contributed by atoms with Gasteiger partial charge in [-0.2, -0.15) is 5.10 Å². The molecule has 2 aromatic heterocycles. The van der Waals surface area contributed by atoms with Crippen molar-refractivity contribution in [2.45, 2.75) is 18.5 Å². The number of anilines is 2. The Morgan fingerprint density at radius 3 is 2.60 bits per heavy atom. The highest BCUT2D eigenvalue weighted by molar-refractivity contribution is 7.98. The molecule has 0 aliphatic rings. The van der Waals surface area contributed by atoms with Gasteiger partial charge in [-0.1, -0.05) is 11.8 Å². The molecule has 2 heterocycles. The van der Waals surface area contributed by atoms with Gasteiger partial charge in [0.05, 0.1) is 0 Å². The van der Waals surface area contributed by atoms with Crippen LogP contribution in [-0.4, -0.2) is 44.1 Å². The molecule has 20 heavy (non-hydrogen) atoms. The Balaban J connectivity index is 1.95. The first-order chi connectivity index (χ1) is 9.71. The van der Waals surface area contributed by atoms with Gasteiger partial charge in [-0.05, 0) is 13.2 Å². The molecule has 7 nitrogen and oxygen atoms in total. The molecule has 0 aromatic carbocycles. The van der Waals surface area contributed by atoms with E-state index >= 15 is 0 Å². The van der Waals surface area contributed by atoms with E-state index in [1.807, 2.05) is 26.3 Å². The highest BCUT2D eigenvalue weighted by Crippen LogP contribution is 2.17. The molecule has 0 atom stereocenters. The fraction of sp³-hybridized carbons (Fsp3) is 0.500. The minimum Gasteiger partial charge on any atom is -0.370 e. The first-order valence-corrected chi connectivity index (χ1v) is 7.69. The summed E-state index contributed by atoms with van der Waals surface area (Å²) in [4.78, 5) is 13.0. The molecule has 0 unspecified atom stereocenters. The summed E-state index contributed by atoms with van der Waals surface area (Å²) in [5, 5.41) is 11.5. The first-order valence-electron chi connectivity index (χ1n) is 6.46. The maximum absolute atomic E-state index is 4.43. The standard InChI is InChI=1S/C12H19N7S/c1-4-13-10-7-11(17-12(16-10)20-3)14-6-5-9-15-8-19(2)18-9/h7-8H,4-6H2,1-3H3,(H2,13,14,16,17). The maximum Gasteiger partial charge on any atom is 0.191 e. The lowest BCUT2D eigenvalue weighted by atomic mass is 10.4. The van der Waals surface area contributed by atoms with Crippen LogP contribution < -0.4 is 10.6 Å². The summed E-state index contributed by atoms with van der Waals surface area (Å²) in [6.45, 7) is 3.61. The van der Waals surface area contributed by atoms with Crippen molar-refractivity contribution >= 4 is 23.4 Å². The average Bonchev–Trinajstić information content (AvgIpc) is 2.84. The SMILES string of the molecule is CCNc1cc(NCCc2ncn(C)n2)nc(SC)n1. The third-order valence-electron chi connectivity index (χ3n) is 2.55. The molecule has 0 spiro atoms. The van der Waals surface area contributed by atoms with Crippen LogP contribution >= 0.6 is 11.8 Å². The van der Waals surface area contributed by atoms with Gasteiger partial charge in [0.1, 0.15) is 18.0 Å². The van der Waals surface area contributed by atoms with Crippen molar-refractivity contribution in [3.05, 3.63) is 18.2 Å². The Hall–Kier alpha value is -1.83. The Morgan fingerprint density at radius 2 is 2.00 bits per heavy atom. The Bertz CT molecular complexity index is 554. The van der Waals surface area contributed by atoms with Crippen LogP contribution in [0.15, 0.2) is 17.6 Å². The van der Waals surface area contributed by atoms with E-state index in [9.17, 15) is 0 Å². The topological polar surface area (TPSA) is 80.5 Å². The molecule has 2 rings (SSSR count). The van der Waals surface area contributed by atoms with Crippen LogP contribution in [0.2, 0.25) is 0 Å². The summed E-state index contributed by atoms with van der Waals surface area (Å²) in [6, 6.07) is 1.91. The summed E-state index contributed by atoms with van der Waals surface area (Å²) in [5.74, 6) is 2.48. The van der Waals surface area contributed by atoms with E-state index in [1.54, 1.807) is 11.0 Å². The summed E-state index contributed by atoms with van der Waals surface area (Å²) >= 11 is 1.53. The highest BCUT2D eigenvalue weighted by atomic mass is 32.2. The zero-order chi connectivity index (χ0) is 14.4. The van der Waals surface area contributed by atoms with E-state index in [0.29, 0.717) is 0 Å². The molecule has 8 heteroatoms. The fourth-order valence-corrected chi connectivity index (χ4v) is 2.06. The summed E-state index contributed by atoms with van der Waals surface area (Å²) in [6.07, 6.45) is 4.43. The van der Waals surface area contributed by atoms with E-state index in [0.717, 1.165) is 42.1 Å². The predicted octanol–water partition coefficient (Wildman–Crippen LogP) is 1.41. The molecule has 108 valence electrons. The number of thioether (sulfide) groups is 1. The van der Waals surface area contributed by atoms with Gasteiger partial charge in [-0.15, -0.1) is 0 Å². The molecule has 2 aromatic rings. The van der Waals surface area contributed by atoms with Crippen molar-refractivity contribution in [2.24, 2.45) is 7.05 Å². The lowest BCUT2D eigenvalue weighted by Gasteiger charge is -2.09. The van der Waals surface area contributed by atoms with Gasteiger partial charge < -0.3 is 10.6 Å². The van der Waals surface area contributed by atoms with E-state index < -0.39 is 0 Å². The Morgan fingerprint density at radius 1 is 1.25 bits per heavy atom. The predicted molar refractivity (Wildman–Crippen MR) is 81.2 cm³/mol. The smallest absolute Gasteiger partial charge is 0.191 e. The first kappa shape index (κ1) is 14.6. The van der Waals surface area contributed by atoms with Crippen molar-refractivity contribution < 1.29 is 0 Å². The minimum atomic E-state index is 0.737. The second-order valence-corrected chi connectivity index (χ2v) is 4.94. The average molecular weight is 293 g/mol. The van der Waals surface area contributed by atoms with Crippen LogP contribution in [0.1, 0.15) is 12.7 Å². The van der Waals surface area contributed by atoms with Crippen molar-refractivity contribution in [2.75, 3.05) is 30.0 Å². The molecular weight excluding hydrogens is 274 g/mol. The lowest BCUT2D eigenvalue weighted by Crippen LogP contribution is -2.10. The Labute approximate surface area is 122 Å². The van der Waals surface area contributed by atoms with E-state index in [-0.39, 0.29) is 0 Å². The molecule has 2 N–H and O–H groups in total. The monoisotopic (exact) mass is 293 g/mol. The minimum absolute atomic E-state index is 0.737. The number of aromatic nitrogens is 5. The van der Waals surface area contributed by atoms with Crippen molar-refractivity contribution in [3.63, 3.8) is 0 Å². The zero-order valence-electron chi connectivity index (χ0n) is 11.9. The van der Waals surface area contributed by atoms with Gasteiger partial charge in [-0.3, -0.25) is 4.68 Å².